The Morgan fingerprint density at radius 3 is 1.89 bits per heavy atom. The number of ketones is 2. The molecule has 146 valence electrons. The van der Waals surface area contributed by atoms with Gasteiger partial charge >= 0.3 is 0 Å². The molecule has 0 spiro atoms. The predicted octanol–water partition coefficient (Wildman–Crippen LogP) is 5.37. The molecule has 3 heteroatoms. The molecule has 0 bridgehead atoms. The summed E-state index contributed by atoms with van der Waals surface area (Å²) in [5.41, 5.74) is 4.92. The number of hydrogen-bond acceptors (Lipinski definition) is 3. The van der Waals surface area contributed by atoms with E-state index in [0.29, 0.717) is 5.78 Å². The van der Waals surface area contributed by atoms with E-state index in [-0.39, 0.29) is 5.78 Å². The molecular weight excluding hydrogens is 348 g/mol. The molecule has 5 rings (SSSR count). The van der Waals surface area contributed by atoms with Gasteiger partial charge < -0.3 is 4.74 Å². The van der Waals surface area contributed by atoms with Gasteiger partial charge in [-0.2, -0.15) is 0 Å². The maximum atomic E-state index is 11.5. The summed E-state index contributed by atoms with van der Waals surface area (Å²) in [4.78, 5) is 22.8. The average Bonchev–Trinajstić information content (AvgIpc) is 3.32. The third-order valence-corrected chi connectivity index (χ3v) is 5.27. The highest BCUT2D eigenvalue weighted by molar-refractivity contribution is 6.10. The minimum absolute atomic E-state index is 0.122. The number of benzene rings is 2. The molecule has 3 aliphatic rings. The first-order chi connectivity index (χ1) is 13.7. The number of hydrogen-bond donors (Lipinski definition) is 0. The summed E-state index contributed by atoms with van der Waals surface area (Å²) in [5.74, 6) is 0.434. The molecule has 0 N–H and O–H groups in total. The zero-order chi connectivity index (χ0) is 19.8. The van der Waals surface area contributed by atoms with E-state index in [9.17, 15) is 9.59 Å². The fourth-order valence-electron chi connectivity index (χ4n) is 3.64. The molecular formula is C25H28O3. The second-order valence-corrected chi connectivity index (χ2v) is 7.34. The van der Waals surface area contributed by atoms with Crippen molar-refractivity contribution in [3.05, 3.63) is 82.9 Å². The monoisotopic (exact) mass is 376 g/mol. The van der Waals surface area contributed by atoms with E-state index >= 15 is 0 Å². The minimum atomic E-state index is 0.122. The van der Waals surface area contributed by atoms with Crippen molar-refractivity contribution in [3.8, 4) is 0 Å². The minimum Gasteiger partial charge on any atom is -0.381 e. The fraction of sp³-hybridized carbons (Fsp3) is 0.360. The smallest absolute Gasteiger partial charge is 0.188 e. The number of Topliss-reactive ketones (excluding diaryl/α,β-unsaturated/α-hetero) is 2. The average molecular weight is 376 g/mol. The van der Waals surface area contributed by atoms with E-state index in [1.165, 1.54) is 18.4 Å². The zero-order valence-electron chi connectivity index (χ0n) is 16.4. The highest BCUT2D eigenvalue weighted by atomic mass is 16.5. The molecule has 2 aromatic carbocycles. The van der Waals surface area contributed by atoms with Crippen molar-refractivity contribution in [3.63, 3.8) is 0 Å². The number of fused-ring (bicyclic) bond motifs is 2. The molecule has 28 heavy (non-hydrogen) atoms. The van der Waals surface area contributed by atoms with Crippen LogP contribution in [0.25, 0.3) is 0 Å². The van der Waals surface area contributed by atoms with Crippen LogP contribution in [0.2, 0.25) is 0 Å². The molecule has 2 aromatic rings. The zero-order valence-corrected chi connectivity index (χ0v) is 16.4. The summed E-state index contributed by atoms with van der Waals surface area (Å²) in [6.07, 6.45) is 7.16. The lowest BCUT2D eigenvalue weighted by Crippen LogP contribution is -2.12. The van der Waals surface area contributed by atoms with Gasteiger partial charge in [-0.25, -0.2) is 0 Å². The Balaban J connectivity index is 0.000000130. The number of allylic oxidation sites excluding steroid dienone is 1. The second kappa shape index (κ2) is 10.1. The van der Waals surface area contributed by atoms with Gasteiger partial charge in [0.2, 0.25) is 0 Å². The molecule has 0 radical (unpaired) electrons. The van der Waals surface area contributed by atoms with Crippen LogP contribution in [0.1, 0.15) is 63.9 Å². The first-order valence-electron chi connectivity index (χ1n) is 10.2. The van der Waals surface area contributed by atoms with Gasteiger partial charge in [0, 0.05) is 30.8 Å². The molecule has 1 heterocycles. The van der Waals surface area contributed by atoms with E-state index in [1.54, 1.807) is 0 Å². The third-order valence-electron chi connectivity index (χ3n) is 5.27. The van der Waals surface area contributed by atoms with Gasteiger partial charge in [-0.05, 0) is 55.2 Å². The topological polar surface area (TPSA) is 43.4 Å². The Morgan fingerprint density at radius 1 is 0.679 bits per heavy atom. The van der Waals surface area contributed by atoms with Gasteiger partial charge in [0.05, 0.1) is 0 Å². The van der Waals surface area contributed by atoms with E-state index in [2.05, 4.69) is 6.58 Å². The SMILES string of the molecule is C1CCOC1.C=C1CCc2ccccc2C1=O.O=C1CCCc2ccccc21. The molecule has 1 fully saturated rings. The molecule has 0 unspecified atom stereocenters. The molecule has 0 amide bonds. The van der Waals surface area contributed by atoms with E-state index in [4.69, 9.17) is 4.74 Å². The van der Waals surface area contributed by atoms with Crippen LogP contribution in [0.15, 0.2) is 60.7 Å². The van der Waals surface area contributed by atoms with Crippen molar-refractivity contribution in [1.29, 1.82) is 0 Å². The summed E-state index contributed by atoms with van der Waals surface area (Å²) in [7, 11) is 0. The lowest BCUT2D eigenvalue weighted by molar-refractivity contribution is 0.0971. The van der Waals surface area contributed by atoms with Gasteiger partial charge in [0.1, 0.15) is 0 Å². The maximum Gasteiger partial charge on any atom is 0.188 e. The number of carbonyl (C=O) groups excluding carboxylic acids is 2. The Morgan fingerprint density at radius 2 is 1.29 bits per heavy atom. The summed E-state index contributed by atoms with van der Waals surface area (Å²) in [6.45, 7) is 5.74. The van der Waals surface area contributed by atoms with Gasteiger partial charge in [-0.1, -0.05) is 55.1 Å². The van der Waals surface area contributed by atoms with E-state index in [0.717, 1.165) is 67.6 Å². The molecule has 3 nitrogen and oxygen atoms in total. The molecule has 2 aliphatic carbocycles. The number of carbonyl (C=O) groups is 2. The first kappa shape index (κ1) is 20.2. The van der Waals surface area contributed by atoms with Crippen molar-refractivity contribution in [1.82, 2.24) is 0 Å². The number of ether oxygens (including phenoxy) is 1. The highest BCUT2D eigenvalue weighted by Gasteiger charge is 2.19. The van der Waals surface area contributed by atoms with Gasteiger partial charge in [0.15, 0.2) is 11.6 Å². The van der Waals surface area contributed by atoms with Crippen LogP contribution in [-0.4, -0.2) is 24.8 Å². The molecule has 0 aromatic heterocycles. The van der Waals surface area contributed by atoms with Crippen LogP contribution in [0.3, 0.4) is 0 Å². The molecule has 0 saturated carbocycles. The summed E-state index contributed by atoms with van der Waals surface area (Å²) in [5, 5.41) is 0. The number of aryl methyl sites for hydroxylation is 2. The maximum absolute atomic E-state index is 11.5. The fourth-order valence-corrected chi connectivity index (χ4v) is 3.64. The van der Waals surface area contributed by atoms with Gasteiger partial charge in [-0.3, -0.25) is 9.59 Å². The normalized spacial score (nSPS) is 17.5. The van der Waals surface area contributed by atoms with Crippen molar-refractivity contribution in [2.24, 2.45) is 0 Å². The van der Waals surface area contributed by atoms with Crippen molar-refractivity contribution >= 4 is 11.6 Å². The quantitative estimate of drug-likeness (QED) is 0.580. The Kier molecular flexibility index (Phi) is 7.32. The van der Waals surface area contributed by atoms with E-state index in [1.807, 2.05) is 48.5 Å². The largest absolute Gasteiger partial charge is 0.381 e. The lowest BCUT2D eigenvalue weighted by atomic mass is 9.88. The highest BCUT2D eigenvalue weighted by Crippen LogP contribution is 2.23. The first-order valence-corrected chi connectivity index (χ1v) is 10.2. The predicted molar refractivity (Wildman–Crippen MR) is 112 cm³/mol. The molecule has 1 saturated heterocycles. The number of rotatable bonds is 0. The van der Waals surface area contributed by atoms with Gasteiger partial charge in [0.25, 0.3) is 0 Å². The second-order valence-electron chi connectivity index (χ2n) is 7.34. The lowest BCUT2D eigenvalue weighted by Gasteiger charge is -2.15. The van der Waals surface area contributed by atoms with Gasteiger partial charge in [-0.15, -0.1) is 0 Å². The van der Waals surface area contributed by atoms with Crippen LogP contribution in [0.4, 0.5) is 0 Å². The van der Waals surface area contributed by atoms with Crippen LogP contribution < -0.4 is 0 Å². The summed E-state index contributed by atoms with van der Waals surface area (Å²) < 4.78 is 4.94. The summed E-state index contributed by atoms with van der Waals surface area (Å²) in [6, 6.07) is 15.7. The van der Waals surface area contributed by atoms with E-state index < -0.39 is 0 Å². The summed E-state index contributed by atoms with van der Waals surface area (Å²) >= 11 is 0. The van der Waals surface area contributed by atoms with Crippen LogP contribution >= 0.6 is 0 Å². The van der Waals surface area contributed by atoms with Crippen molar-refractivity contribution < 1.29 is 14.3 Å². The third kappa shape index (κ3) is 5.26. The Bertz CT molecular complexity index is 839. The van der Waals surface area contributed by atoms with Crippen molar-refractivity contribution in [2.45, 2.75) is 44.9 Å². The standard InChI is InChI=1S/C11H10O.C10H10O.C4H8O/c1-8-6-7-9-4-2-3-5-10(9)11(8)12;11-10-7-3-5-8-4-1-2-6-9(8)10;1-2-4-5-3-1/h2-5H,1,6-7H2;1-2,4,6H,3,5,7H2;1-4H2. The van der Waals surface area contributed by atoms with Crippen molar-refractivity contribution in [2.75, 3.05) is 13.2 Å². The van der Waals surface area contributed by atoms with Crippen LogP contribution in [0.5, 0.6) is 0 Å². The molecule has 0 atom stereocenters. The Labute approximate surface area is 167 Å². The Hall–Kier alpha value is -2.52. The van der Waals surface area contributed by atoms with Crippen LogP contribution in [-0.2, 0) is 17.6 Å². The van der Waals surface area contributed by atoms with Crippen LogP contribution in [0, 0.1) is 0 Å². The molecule has 1 aliphatic heterocycles.